The van der Waals surface area contributed by atoms with Crippen molar-refractivity contribution in [2.24, 2.45) is 11.1 Å². The van der Waals surface area contributed by atoms with Gasteiger partial charge in [-0.25, -0.2) is 4.98 Å². The maximum Gasteiger partial charge on any atom is 0.245 e. The molecule has 22 heavy (non-hydrogen) atoms. The van der Waals surface area contributed by atoms with Gasteiger partial charge in [0, 0.05) is 6.42 Å². The molecule has 7 nitrogen and oxygen atoms in total. The topological polar surface area (TPSA) is 114 Å². The molecule has 1 aromatic heterocycles. The van der Waals surface area contributed by atoms with Crippen molar-refractivity contribution in [1.29, 1.82) is 0 Å². The summed E-state index contributed by atoms with van der Waals surface area (Å²) < 4.78 is 0. The van der Waals surface area contributed by atoms with Crippen LogP contribution < -0.4 is 16.4 Å². The van der Waals surface area contributed by atoms with Crippen LogP contribution in [0.15, 0.2) is 0 Å². The number of hydrogen-bond donors (Lipinski definition) is 3. The zero-order valence-corrected chi connectivity index (χ0v) is 14.0. The largest absolute Gasteiger partial charge is 0.346 e. The molecule has 2 amide bonds. The highest BCUT2D eigenvalue weighted by Crippen LogP contribution is 2.38. The van der Waals surface area contributed by atoms with Crippen LogP contribution in [-0.4, -0.2) is 35.7 Å². The number of amides is 2. The fourth-order valence-electron chi connectivity index (χ4n) is 2.19. The summed E-state index contributed by atoms with van der Waals surface area (Å²) in [5.74, 6) is -0.731. The molecule has 0 saturated heterocycles. The molecule has 0 saturated carbocycles. The molecule has 9 heteroatoms. The van der Waals surface area contributed by atoms with Crippen LogP contribution in [0.5, 0.6) is 0 Å². The van der Waals surface area contributed by atoms with Gasteiger partial charge in [0.05, 0.1) is 23.7 Å². The molecular formula is C13H19ClN4O3S. The highest BCUT2D eigenvalue weighted by Gasteiger charge is 2.34. The Morgan fingerprint density at radius 1 is 1.32 bits per heavy atom. The van der Waals surface area contributed by atoms with Gasteiger partial charge >= 0.3 is 0 Å². The van der Waals surface area contributed by atoms with Crippen molar-refractivity contribution in [2.45, 2.75) is 26.7 Å². The maximum atomic E-state index is 12.0. The van der Waals surface area contributed by atoms with E-state index in [1.54, 1.807) is 0 Å². The first-order valence-electron chi connectivity index (χ1n) is 6.60. The van der Waals surface area contributed by atoms with E-state index in [-0.39, 0.29) is 36.7 Å². The number of nitrogens with one attached hydrogen (secondary N) is 2. The van der Waals surface area contributed by atoms with Crippen LogP contribution >= 0.6 is 23.7 Å². The number of hydrogen-bond acceptors (Lipinski definition) is 6. The number of anilines is 1. The lowest BCUT2D eigenvalue weighted by Gasteiger charge is -2.26. The number of Topliss-reactive ketones (excluding diaryl/α,β-unsaturated/α-hetero) is 1. The molecule has 1 aliphatic rings. The number of nitrogens with two attached hydrogens (primary N) is 1. The predicted octanol–water partition coefficient (Wildman–Crippen LogP) is 0.733. The first-order chi connectivity index (χ1) is 9.80. The minimum Gasteiger partial charge on any atom is -0.346 e. The lowest BCUT2D eigenvalue weighted by molar-refractivity contribution is -0.123. The van der Waals surface area contributed by atoms with E-state index in [9.17, 15) is 14.4 Å². The number of carbonyl (C=O) groups is 3. The molecule has 0 atom stereocenters. The normalized spacial score (nSPS) is 15.5. The Morgan fingerprint density at radius 3 is 2.64 bits per heavy atom. The predicted molar refractivity (Wildman–Crippen MR) is 86.5 cm³/mol. The first kappa shape index (κ1) is 18.5. The zero-order valence-electron chi connectivity index (χ0n) is 12.4. The van der Waals surface area contributed by atoms with Crippen molar-refractivity contribution in [1.82, 2.24) is 10.3 Å². The molecular weight excluding hydrogens is 328 g/mol. The smallest absolute Gasteiger partial charge is 0.245 e. The van der Waals surface area contributed by atoms with Crippen molar-refractivity contribution in [3.8, 4) is 0 Å². The Morgan fingerprint density at radius 2 is 2.00 bits per heavy atom. The average molecular weight is 347 g/mol. The second kappa shape index (κ2) is 7.17. The van der Waals surface area contributed by atoms with Crippen molar-refractivity contribution < 1.29 is 14.4 Å². The molecule has 2 rings (SSSR count). The third kappa shape index (κ3) is 4.49. The maximum absolute atomic E-state index is 12.0. The van der Waals surface area contributed by atoms with Crippen molar-refractivity contribution in [3.63, 3.8) is 0 Å². The molecule has 4 N–H and O–H groups in total. The second-order valence-corrected chi connectivity index (χ2v) is 6.76. The van der Waals surface area contributed by atoms with Gasteiger partial charge in [-0.15, -0.1) is 12.4 Å². The number of aromatic nitrogens is 1. The van der Waals surface area contributed by atoms with Crippen LogP contribution in [0.25, 0.3) is 0 Å². The minimum atomic E-state index is -0.402. The summed E-state index contributed by atoms with van der Waals surface area (Å²) in [5, 5.41) is 5.34. The van der Waals surface area contributed by atoms with Crippen molar-refractivity contribution >= 4 is 46.5 Å². The van der Waals surface area contributed by atoms with Gasteiger partial charge in [0.25, 0.3) is 0 Å². The molecule has 0 fully saturated rings. The van der Waals surface area contributed by atoms with E-state index in [2.05, 4.69) is 15.6 Å². The summed E-state index contributed by atoms with van der Waals surface area (Å²) in [7, 11) is 0. The van der Waals surface area contributed by atoms with E-state index in [0.29, 0.717) is 22.9 Å². The SMILES string of the molecule is CC1(C)CC(=O)c2sc(NC(=O)CNC(=O)CN)nc2C1.Cl. The fourth-order valence-corrected chi connectivity index (χ4v) is 3.12. The Bertz CT molecular complexity index is 600. The summed E-state index contributed by atoms with van der Waals surface area (Å²) in [6.07, 6.45) is 1.20. The van der Waals surface area contributed by atoms with Gasteiger partial charge < -0.3 is 16.4 Å². The Kier molecular flexibility index (Phi) is 6.04. The quantitative estimate of drug-likeness (QED) is 0.743. The third-order valence-electron chi connectivity index (χ3n) is 3.11. The van der Waals surface area contributed by atoms with Crippen LogP contribution in [0.1, 0.15) is 35.6 Å². The lowest BCUT2D eigenvalue weighted by Crippen LogP contribution is -2.36. The molecule has 0 aliphatic heterocycles. The summed E-state index contributed by atoms with van der Waals surface area (Å²) in [5.41, 5.74) is 5.76. The molecule has 122 valence electrons. The zero-order chi connectivity index (χ0) is 15.6. The van der Waals surface area contributed by atoms with Crippen molar-refractivity contribution in [3.05, 3.63) is 10.6 Å². The monoisotopic (exact) mass is 346 g/mol. The molecule has 0 unspecified atom stereocenters. The van der Waals surface area contributed by atoms with Gasteiger partial charge in [0.2, 0.25) is 11.8 Å². The van der Waals surface area contributed by atoms with Crippen molar-refractivity contribution in [2.75, 3.05) is 18.4 Å². The number of halogens is 1. The Labute approximate surface area is 138 Å². The molecule has 0 bridgehead atoms. The highest BCUT2D eigenvalue weighted by molar-refractivity contribution is 7.17. The van der Waals surface area contributed by atoms with Gasteiger partial charge in [-0.2, -0.15) is 0 Å². The fraction of sp³-hybridized carbons (Fsp3) is 0.538. The highest BCUT2D eigenvalue weighted by atomic mass is 35.5. The van der Waals surface area contributed by atoms with E-state index < -0.39 is 11.8 Å². The third-order valence-corrected chi connectivity index (χ3v) is 4.17. The summed E-state index contributed by atoms with van der Waals surface area (Å²) in [4.78, 5) is 39.6. The van der Waals surface area contributed by atoms with E-state index in [4.69, 9.17) is 5.73 Å². The van der Waals surface area contributed by atoms with E-state index >= 15 is 0 Å². The molecule has 0 radical (unpaired) electrons. The summed E-state index contributed by atoms with van der Waals surface area (Å²) in [6, 6.07) is 0. The molecule has 0 spiro atoms. The van der Waals surface area contributed by atoms with E-state index in [1.807, 2.05) is 13.8 Å². The number of rotatable bonds is 4. The van der Waals surface area contributed by atoms with Gasteiger partial charge in [-0.3, -0.25) is 14.4 Å². The number of ketones is 1. The molecule has 1 aromatic rings. The number of carbonyl (C=O) groups excluding carboxylic acids is 3. The standard InChI is InChI=1S/C13H18N4O3S.ClH/c1-13(2)3-7-11(8(18)4-13)21-12(16-7)17-10(20)6-15-9(19)5-14;/h3-6,14H2,1-2H3,(H,15,19)(H,16,17,20);1H. The molecule has 0 aromatic carbocycles. The number of nitrogens with zero attached hydrogens (tertiary/aromatic N) is 1. The average Bonchev–Trinajstić information content (AvgIpc) is 2.77. The van der Waals surface area contributed by atoms with Gasteiger partial charge in [0.15, 0.2) is 10.9 Å². The second-order valence-electron chi connectivity index (χ2n) is 5.76. The van der Waals surface area contributed by atoms with Crippen LogP contribution in [-0.2, 0) is 16.0 Å². The van der Waals surface area contributed by atoms with Crippen LogP contribution in [0, 0.1) is 5.41 Å². The Hall–Kier alpha value is -1.51. The molecule has 1 heterocycles. The van der Waals surface area contributed by atoms with E-state index in [1.165, 1.54) is 11.3 Å². The van der Waals surface area contributed by atoms with Crippen LogP contribution in [0.3, 0.4) is 0 Å². The minimum absolute atomic E-state index is 0. The van der Waals surface area contributed by atoms with Crippen LogP contribution in [0.2, 0.25) is 0 Å². The van der Waals surface area contributed by atoms with E-state index in [0.717, 1.165) is 5.69 Å². The van der Waals surface area contributed by atoms with Gasteiger partial charge in [0.1, 0.15) is 0 Å². The van der Waals surface area contributed by atoms with Gasteiger partial charge in [-0.05, 0) is 11.8 Å². The number of thiazole rings is 1. The Balaban J connectivity index is 0.00000242. The first-order valence-corrected chi connectivity index (χ1v) is 7.42. The summed E-state index contributed by atoms with van der Waals surface area (Å²) >= 11 is 1.18. The van der Waals surface area contributed by atoms with Gasteiger partial charge in [-0.1, -0.05) is 25.2 Å². The molecule has 1 aliphatic carbocycles. The van der Waals surface area contributed by atoms with Crippen LogP contribution in [0.4, 0.5) is 5.13 Å². The summed E-state index contributed by atoms with van der Waals surface area (Å²) in [6.45, 7) is 3.71. The lowest BCUT2D eigenvalue weighted by atomic mass is 9.78. The number of fused-ring (bicyclic) bond motifs is 1.